The van der Waals surface area contributed by atoms with Gasteiger partial charge in [-0.25, -0.2) is 0 Å². The number of nitrogens with zero attached hydrogens (tertiary/aromatic N) is 1. The Hall–Kier alpha value is -0.650. The number of carbonyl (C=O) groups is 1. The minimum atomic E-state index is -1.70. The van der Waals surface area contributed by atoms with Gasteiger partial charge in [0.1, 0.15) is 5.60 Å². The molecule has 4 fully saturated rings. The highest BCUT2D eigenvalue weighted by Gasteiger charge is 2.76. The average molecular weight is 309 g/mol. The van der Waals surface area contributed by atoms with Crippen molar-refractivity contribution >= 4 is 5.97 Å². The van der Waals surface area contributed by atoms with Crippen LogP contribution in [0.3, 0.4) is 0 Å². The SMILES string of the molecule is CCC1C2CCCCN3CCC(C23)[C@]2(O)C(C)C(=O)O[C@]12O. The predicted octanol–water partition coefficient (Wildman–Crippen LogP) is 1.13. The van der Waals surface area contributed by atoms with Crippen molar-refractivity contribution in [1.29, 1.82) is 0 Å². The summed E-state index contributed by atoms with van der Waals surface area (Å²) in [5.74, 6) is -2.73. The largest absolute Gasteiger partial charge is 0.429 e. The van der Waals surface area contributed by atoms with Crippen LogP contribution >= 0.6 is 0 Å². The van der Waals surface area contributed by atoms with Gasteiger partial charge in [-0.1, -0.05) is 13.3 Å². The summed E-state index contributed by atoms with van der Waals surface area (Å²) in [4.78, 5) is 14.7. The molecule has 4 aliphatic rings. The third-order valence-corrected chi connectivity index (χ3v) is 7.10. The van der Waals surface area contributed by atoms with E-state index in [1.54, 1.807) is 6.92 Å². The Balaban J connectivity index is 1.86. The molecule has 5 heteroatoms. The zero-order valence-corrected chi connectivity index (χ0v) is 13.5. The summed E-state index contributed by atoms with van der Waals surface area (Å²) >= 11 is 0. The van der Waals surface area contributed by atoms with Gasteiger partial charge in [-0.05, 0) is 51.6 Å². The maximum Gasteiger partial charge on any atom is 0.314 e. The highest BCUT2D eigenvalue weighted by molar-refractivity contribution is 5.77. The summed E-state index contributed by atoms with van der Waals surface area (Å²) in [6, 6.07) is 0.287. The van der Waals surface area contributed by atoms with Crippen LogP contribution in [0.15, 0.2) is 0 Å². The van der Waals surface area contributed by atoms with Crippen molar-refractivity contribution in [3.8, 4) is 0 Å². The van der Waals surface area contributed by atoms with Gasteiger partial charge in [0.05, 0.1) is 5.92 Å². The monoisotopic (exact) mass is 309 g/mol. The number of fused-ring (bicyclic) bond motifs is 2. The molecule has 2 N–H and O–H groups in total. The van der Waals surface area contributed by atoms with Crippen LogP contribution in [-0.2, 0) is 9.53 Å². The first kappa shape index (κ1) is 14.9. The van der Waals surface area contributed by atoms with Gasteiger partial charge in [-0.2, -0.15) is 0 Å². The summed E-state index contributed by atoms with van der Waals surface area (Å²) in [5.41, 5.74) is -1.44. The first-order chi connectivity index (χ1) is 10.4. The molecule has 22 heavy (non-hydrogen) atoms. The third kappa shape index (κ3) is 1.53. The van der Waals surface area contributed by atoms with Crippen molar-refractivity contribution in [1.82, 2.24) is 4.90 Å². The van der Waals surface area contributed by atoms with E-state index in [0.29, 0.717) is 5.92 Å². The average Bonchev–Trinajstić information content (AvgIpc) is 2.89. The molecule has 0 aromatic heterocycles. The normalized spacial score (nSPS) is 54.5. The second-order valence-corrected chi connectivity index (χ2v) is 7.76. The molecule has 0 spiro atoms. The smallest absolute Gasteiger partial charge is 0.314 e. The number of ether oxygens (including phenoxy) is 1. The molecule has 0 aromatic carbocycles. The van der Waals surface area contributed by atoms with E-state index in [2.05, 4.69) is 4.90 Å². The van der Waals surface area contributed by atoms with Gasteiger partial charge in [0.2, 0.25) is 5.79 Å². The Morgan fingerprint density at radius 2 is 2.05 bits per heavy atom. The van der Waals surface area contributed by atoms with Crippen LogP contribution in [0.25, 0.3) is 0 Å². The number of aliphatic hydroxyl groups is 2. The van der Waals surface area contributed by atoms with Crippen LogP contribution in [0.2, 0.25) is 0 Å². The van der Waals surface area contributed by atoms with Gasteiger partial charge in [0.25, 0.3) is 0 Å². The van der Waals surface area contributed by atoms with E-state index in [9.17, 15) is 15.0 Å². The Kier molecular flexibility index (Phi) is 3.17. The quantitative estimate of drug-likeness (QED) is 0.711. The van der Waals surface area contributed by atoms with Crippen molar-refractivity contribution < 1.29 is 19.7 Å². The van der Waals surface area contributed by atoms with Gasteiger partial charge in [0.15, 0.2) is 0 Å². The molecule has 5 unspecified atom stereocenters. The van der Waals surface area contributed by atoms with Crippen molar-refractivity contribution in [2.24, 2.45) is 23.7 Å². The summed E-state index contributed by atoms with van der Waals surface area (Å²) < 4.78 is 5.46. The second kappa shape index (κ2) is 4.68. The fourth-order valence-electron chi connectivity index (χ4n) is 6.14. The summed E-state index contributed by atoms with van der Waals surface area (Å²) in [6.07, 6.45) is 4.96. The van der Waals surface area contributed by atoms with E-state index >= 15 is 0 Å². The maximum atomic E-state index is 12.2. The van der Waals surface area contributed by atoms with Gasteiger partial charge in [-0.15, -0.1) is 0 Å². The maximum absolute atomic E-state index is 12.2. The third-order valence-electron chi connectivity index (χ3n) is 7.10. The number of carbonyl (C=O) groups excluding carboxylic acids is 1. The van der Waals surface area contributed by atoms with E-state index in [4.69, 9.17) is 4.74 Å². The zero-order chi connectivity index (χ0) is 15.7. The van der Waals surface area contributed by atoms with Crippen LogP contribution in [0.4, 0.5) is 0 Å². The Bertz CT molecular complexity index is 497. The Labute approximate surface area is 131 Å². The molecular weight excluding hydrogens is 282 g/mol. The van der Waals surface area contributed by atoms with Crippen molar-refractivity contribution in [2.75, 3.05) is 13.1 Å². The molecule has 4 rings (SSSR count). The number of esters is 1. The van der Waals surface area contributed by atoms with Gasteiger partial charge < -0.3 is 14.9 Å². The van der Waals surface area contributed by atoms with Crippen molar-refractivity contribution in [2.45, 2.75) is 63.4 Å². The number of rotatable bonds is 1. The standard InChI is InChI=1S/C17H27NO4/c1-3-12-11-6-4-5-8-18-9-7-13(14(11)18)16(20)10(2)15(19)22-17(12,16)21/h10-14,20-21H,3-9H2,1-2H3/t10?,11?,12?,13?,14?,16-,17-/m1/s1. The molecule has 0 radical (unpaired) electrons. The molecule has 3 heterocycles. The minimum Gasteiger partial charge on any atom is -0.429 e. The summed E-state index contributed by atoms with van der Waals surface area (Å²) in [7, 11) is 0. The van der Waals surface area contributed by atoms with E-state index in [-0.39, 0.29) is 17.9 Å². The Morgan fingerprint density at radius 1 is 1.27 bits per heavy atom. The number of hydrogen-bond donors (Lipinski definition) is 2. The summed E-state index contributed by atoms with van der Waals surface area (Å²) in [6.45, 7) is 5.78. The molecular formula is C17H27NO4. The van der Waals surface area contributed by atoms with E-state index in [1.807, 2.05) is 6.92 Å². The van der Waals surface area contributed by atoms with Crippen LogP contribution in [-0.4, -0.2) is 51.6 Å². The minimum absolute atomic E-state index is 0.0650. The predicted molar refractivity (Wildman–Crippen MR) is 79.7 cm³/mol. The topological polar surface area (TPSA) is 70.0 Å². The van der Waals surface area contributed by atoms with E-state index in [0.717, 1.165) is 38.8 Å². The molecule has 0 bridgehead atoms. The molecule has 1 saturated carbocycles. The van der Waals surface area contributed by atoms with Crippen LogP contribution < -0.4 is 0 Å². The zero-order valence-electron chi connectivity index (χ0n) is 13.5. The molecule has 7 atom stereocenters. The van der Waals surface area contributed by atoms with E-state index < -0.39 is 23.3 Å². The van der Waals surface area contributed by atoms with Crippen LogP contribution in [0.1, 0.15) is 46.0 Å². The molecule has 1 aliphatic carbocycles. The van der Waals surface area contributed by atoms with Crippen LogP contribution in [0, 0.1) is 23.7 Å². The lowest BCUT2D eigenvalue weighted by Gasteiger charge is -2.56. The lowest BCUT2D eigenvalue weighted by Crippen LogP contribution is -2.71. The molecule has 5 nitrogen and oxygen atoms in total. The molecule has 124 valence electrons. The molecule has 0 amide bonds. The molecule has 0 aromatic rings. The lowest BCUT2D eigenvalue weighted by atomic mass is 9.56. The van der Waals surface area contributed by atoms with Gasteiger partial charge >= 0.3 is 5.97 Å². The van der Waals surface area contributed by atoms with E-state index in [1.165, 1.54) is 6.42 Å². The molecule has 3 saturated heterocycles. The fourth-order valence-corrected chi connectivity index (χ4v) is 6.14. The number of hydrogen-bond acceptors (Lipinski definition) is 5. The first-order valence-electron chi connectivity index (χ1n) is 8.86. The summed E-state index contributed by atoms with van der Waals surface area (Å²) in [5, 5.41) is 22.8. The lowest BCUT2D eigenvalue weighted by molar-refractivity contribution is -0.328. The highest BCUT2D eigenvalue weighted by Crippen LogP contribution is 2.61. The van der Waals surface area contributed by atoms with Crippen molar-refractivity contribution in [3.63, 3.8) is 0 Å². The highest BCUT2D eigenvalue weighted by atomic mass is 16.7. The fraction of sp³-hybridized carbons (Fsp3) is 0.941. The van der Waals surface area contributed by atoms with Gasteiger partial charge in [0, 0.05) is 17.9 Å². The molecule has 3 aliphatic heterocycles. The van der Waals surface area contributed by atoms with Gasteiger partial charge in [-0.3, -0.25) is 9.69 Å². The Morgan fingerprint density at radius 3 is 2.77 bits per heavy atom. The van der Waals surface area contributed by atoms with Crippen molar-refractivity contribution in [3.05, 3.63) is 0 Å². The second-order valence-electron chi connectivity index (χ2n) is 7.76. The van der Waals surface area contributed by atoms with Crippen LogP contribution in [0.5, 0.6) is 0 Å². The first-order valence-corrected chi connectivity index (χ1v) is 8.86.